The van der Waals surface area contributed by atoms with Crippen LogP contribution in [0.3, 0.4) is 0 Å². The van der Waals surface area contributed by atoms with Crippen molar-refractivity contribution >= 4 is 28.8 Å². The molecule has 1 aromatic carbocycles. The molecule has 1 fully saturated rings. The molecule has 7 heteroatoms. The molecule has 3 rings (SSSR count). The van der Waals surface area contributed by atoms with Gasteiger partial charge >= 0.3 is 0 Å². The number of carbonyl (C=O) groups excluding carboxylic acids is 2. The number of ether oxygens (including phenoxy) is 1. The first-order valence-corrected chi connectivity index (χ1v) is 11.4. The molecule has 1 atom stereocenters. The van der Waals surface area contributed by atoms with E-state index in [1.54, 1.807) is 23.1 Å². The van der Waals surface area contributed by atoms with Crippen molar-refractivity contribution in [1.82, 2.24) is 9.80 Å². The Hall–Kier alpha value is -2.64. The molecule has 1 aliphatic rings. The molecule has 1 aromatic heterocycles. The summed E-state index contributed by atoms with van der Waals surface area (Å²) < 4.78 is 5.67. The second kappa shape index (κ2) is 10.1. The monoisotopic (exact) mass is 442 g/mol. The van der Waals surface area contributed by atoms with Gasteiger partial charge in [0.25, 0.3) is 11.7 Å². The predicted molar refractivity (Wildman–Crippen MR) is 123 cm³/mol. The van der Waals surface area contributed by atoms with Gasteiger partial charge in [0, 0.05) is 17.0 Å². The van der Waals surface area contributed by atoms with E-state index in [0.717, 1.165) is 29.8 Å². The molecule has 1 amide bonds. The molecule has 1 N–H and O–H groups in total. The van der Waals surface area contributed by atoms with Crippen LogP contribution in [0, 0.1) is 6.92 Å². The molecule has 0 bridgehead atoms. The number of likely N-dealkylation sites (tertiary alicyclic amines) is 1. The highest BCUT2D eigenvalue weighted by atomic mass is 32.1. The first-order chi connectivity index (χ1) is 14.8. The SMILES string of the molecule is CCCOc1cccc(/C(O)=C2/C(=O)C(=O)N(CCCN(C)C)C2c2sccc2C)c1. The van der Waals surface area contributed by atoms with Gasteiger partial charge < -0.3 is 19.6 Å². The maximum atomic E-state index is 13.1. The number of benzene rings is 1. The highest BCUT2D eigenvalue weighted by Gasteiger charge is 2.46. The van der Waals surface area contributed by atoms with Crippen molar-refractivity contribution in [2.45, 2.75) is 32.7 Å². The third kappa shape index (κ3) is 4.99. The Morgan fingerprint density at radius 3 is 2.68 bits per heavy atom. The third-order valence-corrected chi connectivity index (χ3v) is 6.35. The lowest BCUT2D eigenvalue weighted by Crippen LogP contribution is -2.32. The number of carbonyl (C=O) groups is 2. The Labute approximate surface area is 187 Å². The average molecular weight is 443 g/mol. The summed E-state index contributed by atoms with van der Waals surface area (Å²) in [5, 5.41) is 13.1. The Bertz CT molecular complexity index is 979. The smallest absolute Gasteiger partial charge is 0.295 e. The maximum absolute atomic E-state index is 13.1. The third-order valence-electron chi connectivity index (χ3n) is 5.27. The minimum Gasteiger partial charge on any atom is -0.507 e. The lowest BCUT2D eigenvalue weighted by Gasteiger charge is -2.25. The number of hydrogen-bond donors (Lipinski definition) is 1. The molecular weight excluding hydrogens is 412 g/mol. The van der Waals surface area contributed by atoms with Crippen LogP contribution < -0.4 is 4.74 Å². The summed E-state index contributed by atoms with van der Waals surface area (Å²) in [6.45, 7) is 5.79. The van der Waals surface area contributed by atoms with Crippen molar-refractivity contribution in [3.05, 3.63) is 57.3 Å². The second-order valence-corrected chi connectivity index (χ2v) is 8.94. The zero-order valence-electron chi connectivity index (χ0n) is 18.6. The van der Waals surface area contributed by atoms with Crippen molar-refractivity contribution in [2.24, 2.45) is 0 Å². The Morgan fingerprint density at radius 2 is 2.03 bits per heavy atom. The number of thiophene rings is 1. The molecule has 0 saturated carbocycles. The van der Waals surface area contributed by atoms with Crippen LogP contribution in [-0.2, 0) is 9.59 Å². The van der Waals surface area contributed by atoms with E-state index in [2.05, 4.69) is 0 Å². The van der Waals surface area contributed by atoms with Crippen LogP contribution >= 0.6 is 11.3 Å². The summed E-state index contributed by atoms with van der Waals surface area (Å²) in [4.78, 5) is 30.6. The fraction of sp³-hybridized carbons (Fsp3) is 0.417. The summed E-state index contributed by atoms with van der Waals surface area (Å²) in [7, 11) is 3.95. The fourth-order valence-electron chi connectivity index (χ4n) is 3.71. The molecule has 2 aromatic rings. The van der Waals surface area contributed by atoms with Crippen LogP contribution in [0.5, 0.6) is 5.75 Å². The largest absolute Gasteiger partial charge is 0.507 e. The summed E-state index contributed by atoms with van der Waals surface area (Å²) in [6, 6.07) is 8.42. The number of hydrogen-bond acceptors (Lipinski definition) is 6. The number of aliphatic hydroxyl groups is 1. The summed E-state index contributed by atoms with van der Waals surface area (Å²) in [5.41, 5.74) is 1.62. The minimum absolute atomic E-state index is 0.146. The molecular formula is C24H30N2O4S. The molecule has 31 heavy (non-hydrogen) atoms. The van der Waals surface area contributed by atoms with E-state index < -0.39 is 17.7 Å². The number of nitrogens with zero attached hydrogens (tertiary/aromatic N) is 2. The normalized spacial score (nSPS) is 18.2. The number of ketones is 1. The molecule has 1 aliphatic heterocycles. The molecule has 0 radical (unpaired) electrons. The number of aryl methyl sites for hydroxylation is 1. The van der Waals surface area contributed by atoms with Crippen LogP contribution in [0.4, 0.5) is 0 Å². The van der Waals surface area contributed by atoms with E-state index in [0.29, 0.717) is 24.5 Å². The van der Waals surface area contributed by atoms with Gasteiger partial charge in [0.05, 0.1) is 18.2 Å². The average Bonchev–Trinajstić information content (AvgIpc) is 3.27. The second-order valence-electron chi connectivity index (χ2n) is 7.99. The lowest BCUT2D eigenvalue weighted by atomic mass is 9.98. The number of aliphatic hydroxyl groups excluding tert-OH is 1. The van der Waals surface area contributed by atoms with E-state index in [4.69, 9.17) is 4.74 Å². The Balaban J connectivity index is 2.04. The molecule has 2 heterocycles. The molecule has 166 valence electrons. The number of rotatable bonds is 9. The van der Waals surface area contributed by atoms with Crippen molar-refractivity contribution < 1.29 is 19.4 Å². The van der Waals surface area contributed by atoms with Crippen LogP contribution in [0.25, 0.3) is 5.76 Å². The minimum atomic E-state index is -0.639. The molecule has 0 spiro atoms. The van der Waals surface area contributed by atoms with Gasteiger partial charge in [0.2, 0.25) is 0 Å². The van der Waals surface area contributed by atoms with Crippen LogP contribution in [0.1, 0.15) is 41.8 Å². The topological polar surface area (TPSA) is 70.1 Å². The van der Waals surface area contributed by atoms with Gasteiger partial charge in [-0.3, -0.25) is 9.59 Å². The predicted octanol–water partition coefficient (Wildman–Crippen LogP) is 4.22. The van der Waals surface area contributed by atoms with Gasteiger partial charge in [-0.2, -0.15) is 0 Å². The van der Waals surface area contributed by atoms with Crippen molar-refractivity contribution in [2.75, 3.05) is 33.8 Å². The van der Waals surface area contributed by atoms with Crippen LogP contribution in [0.15, 0.2) is 41.3 Å². The van der Waals surface area contributed by atoms with Crippen LogP contribution in [-0.4, -0.2) is 60.4 Å². The maximum Gasteiger partial charge on any atom is 0.295 e. The number of Topliss-reactive ketones (excluding diaryl/α,β-unsaturated/α-hetero) is 1. The summed E-state index contributed by atoms with van der Waals surface area (Å²) >= 11 is 1.50. The first-order valence-electron chi connectivity index (χ1n) is 10.6. The molecule has 0 aliphatic carbocycles. The van der Waals surface area contributed by atoms with Gasteiger partial charge in [-0.25, -0.2) is 0 Å². The van der Waals surface area contributed by atoms with Gasteiger partial charge in [-0.05, 0) is 69.5 Å². The van der Waals surface area contributed by atoms with E-state index in [1.807, 2.05) is 50.4 Å². The van der Waals surface area contributed by atoms with E-state index in [-0.39, 0.29) is 11.3 Å². The summed E-state index contributed by atoms with van der Waals surface area (Å²) in [5.74, 6) is -0.736. The fourth-order valence-corrected chi connectivity index (χ4v) is 4.76. The van der Waals surface area contributed by atoms with E-state index in [9.17, 15) is 14.7 Å². The Morgan fingerprint density at radius 1 is 1.26 bits per heavy atom. The quantitative estimate of drug-likeness (QED) is 0.358. The summed E-state index contributed by atoms with van der Waals surface area (Å²) in [6.07, 6.45) is 1.60. The molecule has 1 unspecified atom stereocenters. The van der Waals surface area contributed by atoms with E-state index in [1.165, 1.54) is 11.3 Å². The van der Waals surface area contributed by atoms with E-state index >= 15 is 0 Å². The van der Waals surface area contributed by atoms with Gasteiger partial charge in [-0.1, -0.05) is 19.1 Å². The highest BCUT2D eigenvalue weighted by Crippen LogP contribution is 2.42. The molecule has 6 nitrogen and oxygen atoms in total. The van der Waals surface area contributed by atoms with Crippen molar-refractivity contribution in [1.29, 1.82) is 0 Å². The van der Waals surface area contributed by atoms with Crippen molar-refractivity contribution in [3.8, 4) is 5.75 Å². The first kappa shape index (κ1) is 23.0. The Kier molecular flexibility index (Phi) is 7.51. The highest BCUT2D eigenvalue weighted by molar-refractivity contribution is 7.10. The lowest BCUT2D eigenvalue weighted by molar-refractivity contribution is -0.139. The number of amides is 1. The van der Waals surface area contributed by atoms with Crippen molar-refractivity contribution in [3.63, 3.8) is 0 Å². The standard InChI is InChI=1S/C24H30N2O4S/c1-5-13-30-18-9-6-8-17(15-18)21(27)19-20(23-16(2)10-14-31-23)26(24(29)22(19)28)12-7-11-25(3)4/h6,8-10,14-15,20,27H,5,7,11-13H2,1-4H3/b21-19-. The molecule has 1 saturated heterocycles. The van der Waals surface area contributed by atoms with Gasteiger partial charge in [0.15, 0.2) is 0 Å². The van der Waals surface area contributed by atoms with Crippen LogP contribution in [0.2, 0.25) is 0 Å². The zero-order valence-corrected chi connectivity index (χ0v) is 19.4. The van der Waals surface area contributed by atoms with Gasteiger partial charge in [-0.15, -0.1) is 11.3 Å². The zero-order chi connectivity index (χ0) is 22.5. The van der Waals surface area contributed by atoms with Gasteiger partial charge in [0.1, 0.15) is 11.5 Å².